The number of hydrogen-bond acceptors (Lipinski definition) is 5. The van der Waals surface area contributed by atoms with E-state index in [1.165, 1.54) is 17.5 Å². The maximum Gasteiger partial charge on any atom is 0.335 e. The van der Waals surface area contributed by atoms with Crippen LogP contribution in [0.2, 0.25) is 0 Å². The lowest BCUT2D eigenvalue weighted by molar-refractivity contribution is -0.119. The minimum atomic E-state index is -0.989. The molecule has 2 N–H and O–H groups in total. The molecule has 7 nitrogen and oxygen atoms in total. The Hall–Kier alpha value is -3.91. The first-order valence-corrected chi connectivity index (χ1v) is 13.0. The van der Waals surface area contributed by atoms with Crippen LogP contribution in [0, 0.1) is 0 Å². The number of ether oxygens (including phenoxy) is 2. The molecule has 0 saturated heterocycles. The van der Waals surface area contributed by atoms with Gasteiger partial charge in [-0.2, -0.15) is 0 Å². The van der Waals surface area contributed by atoms with Crippen molar-refractivity contribution in [1.29, 1.82) is 0 Å². The van der Waals surface area contributed by atoms with Gasteiger partial charge in [0.15, 0.2) is 11.5 Å². The molecule has 1 aromatic heterocycles. The lowest BCUT2D eigenvalue weighted by Gasteiger charge is -2.17. The first-order valence-electron chi connectivity index (χ1n) is 12.2. The van der Waals surface area contributed by atoms with Crippen LogP contribution in [-0.2, 0) is 11.3 Å². The van der Waals surface area contributed by atoms with Crippen molar-refractivity contribution in [2.45, 2.75) is 44.0 Å². The average Bonchev–Trinajstić information content (AvgIpc) is 3.52. The molecule has 1 atom stereocenters. The number of amides is 1. The summed E-state index contributed by atoms with van der Waals surface area (Å²) in [6.07, 6.45) is 1.94. The summed E-state index contributed by atoms with van der Waals surface area (Å²) in [6, 6.07) is 18.7. The molecule has 190 valence electrons. The number of carboxylic acids is 1. The van der Waals surface area contributed by atoms with Crippen LogP contribution in [0.15, 0.2) is 71.8 Å². The number of carbonyl (C=O) groups is 2. The minimum absolute atomic E-state index is 0.144. The number of aryl methyl sites for hydroxylation is 1. The second kappa shape index (κ2) is 10.2. The predicted octanol–water partition coefficient (Wildman–Crippen LogP) is 6.17. The molecule has 0 spiro atoms. The maximum atomic E-state index is 13.8. The third-order valence-corrected chi connectivity index (χ3v) is 7.43. The first-order chi connectivity index (χ1) is 17.9. The Morgan fingerprint density at radius 1 is 1.00 bits per heavy atom. The second-order valence-electron chi connectivity index (χ2n) is 9.25. The van der Waals surface area contributed by atoms with Crippen molar-refractivity contribution in [3.8, 4) is 11.5 Å². The minimum Gasteiger partial charge on any atom is -0.478 e. The van der Waals surface area contributed by atoms with Crippen molar-refractivity contribution in [3.05, 3.63) is 89.1 Å². The Balaban J connectivity index is 1.54. The number of carbonyl (C=O) groups excluding carboxylic acids is 1. The van der Waals surface area contributed by atoms with Gasteiger partial charge in [-0.3, -0.25) is 9.52 Å². The van der Waals surface area contributed by atoms with E-state index in [4.69, 9.17) is 9.47 Å². The van der Waals surface area contributed by atoms with Crippen LogP contribution in [0.4, 0.5) is 0 Å². The molecule has 1 aliphatic rings. The summed E-state index contributed by atoms with van der Waals surface area (Å²) in [6.45, 7) is 7.05. The van der Waals surface area contributed by atoms with Crippen LogP contribution >= 0.6 is 11.9 Å². The van der Waals surface area contributed by atoms with Gasteiger partial charge in [0.05, 0.1) is 11.5 Å². The summed E-state index contributed by atoms with van der Waals surface area (Å²) in [5.41, 5.74) is 3.77. The summed E-state index contributed by atoms with van der Waals surface area (Å²) in [5, 5.41) is 10.3. The van der Waals surface area contributed by atoms with Gasteiger partial charge in [-0.15, -0.1) is 0 Å². The Labute approximate surface area is 219 Å². The fourth-order valence-corrected chi connectivity index (χ4v) is 5.21. The van der Waals surface area contributed by atoms with Crippen molar-refractivity contribution < 1.29 is 24.2 Å². The number of nitrogens with one attached hydrogen (secondary N) is 1. The van der Waals surface area contributed by atoms with Crippen molar-refractivity contribution in [1.82, 2.24) is 9.29 Å². The van der Waals surface area contributed by atoms with Gasteiger partial charge >= 0.3 is 5.97 Å². The van der Waals surface area contributed by atoms with Crippen LogP contribution < -0.4 is 14.2 Å². The van der Waals surface area contributed by atoms with E-state index in [9.17, 15) is 14.7 Å². The van der Waals surface area contributed by atoms with Gasteiger partial charge in [0, 0.05) is 28.5 Å². The van der Waals surface area contributed by atoms with Crippen molar-refractivity contribution >= 4 is 34.7 Å². The maximum absolute atomic E-state index is 13.8. The number of benzene rings is 3. The molecular formula is C29H28N2O5S. The molecule has 8 heteroatoms. The molecule has 1 aliphatic heterocycles. The highest BCUT2D eigenvalue weighted by atomic mass is 32.2. The van der Waals surface area contributed by atoms with E-state index in [0.717, 1.165) is 26.9 Å². The zero-order valence-electron chi connectivity index (χ0n) is 20.9. The Bertz CT molecular complexity index is 1480. The highest BCUT2D eigenvalue weighted by molar-refractivity contribution is 7.98. The summed E-state index contributed by atoms with van der Waals surface area (Å²) in [7, 11) is 0. The summed E-state index contributed by atoms with van der Waals surface area (Å²) in [5.74, 6) is -0.153. The number of fused-ring (bicyclic) bond motifs is 2. The first kappa shape index (κ1) is 24.8. The predicted molar refractivity (Wildman–Crippen MR) is 144 cm³/mol. The average molecular weight is 517 g/mol. The second-order valence-corrected chi connectivity index (χ2v) is 10.1. The highest BCUT2D eigenvalue weighted by Gasteiger charge is 2.29. The fourth-order valence-electron chi connectivity index (χ4n) is 4.60. The van der Waals surface area contributed by atoms with E-state index < -0.39 is 11.9 Å². The molecule has 4 aromatic rings. The number of carboxylic acid groups (broad SMARTS) is 1. The lowest BCUT2D eigenvalue weighted by atomic mass is 9.90. The molecule has 37 heavy (non-hydrogen) atoms. The fraction of sp³-hybridized carbons (Fsp3) is 0.241. The summed E-state index contributed by atoms with van der Waals surface area (Å²) < 4.78 is 16.1. The molecule has 0 fully saturated rings. The van der Waals surface area contributed by atoms with Gasteiger partial charge < -0.3 is 19.1 Å². The van der Waals surface area contributed by atoms with Gasteiger partial charge in [-0.25, -0.2) is 4.79 Å². The number of aromatic nitrogens is 1. The van der Waals surface area contributed by atoms with Crippen LogP contribution in [0.3, 0.4) is 0 Å². The van der Waals surface area contributed by atoms with Gasteiger partial charge in [-0.1, -0.05) is 38.1 Å². The van der Waals surface area contributed by atoms with Crippen molar-refractivity contribution in [3.63, 3.8) is 0 Å². The van der Waals surface area contributed by atoms with Gasteiger partial charge in [0.25, 0.3) is 0 Å². The van der Waals surface area contributed by atoms with Gasteiger partial charge in [0.2, 0.25) is 12.7 Å². The molecule has 0 saturated carbocycles. The number of hydrogen-bond donors (Lipinski definition) is 2. The van der Waals surface area contributed by atoms with Crippen LogP contribution in [0.1, 0.15) is 59.7 Å². The smallest absolute Gasteiger partial charge is 0.335 e. The summed E-state index contributed by atoms with van der Waals surface area (Å²) >= 11 is 1.28. The van der Waals surface area contributed by atoms with E-state index >= 15 is 0 Å². The van der Waals surface area contributed by atoms with Gasteiger partial charge in [-0.05, 0) is 77.9 Å². The largest absolute Gasteiger partial charge is 0.478 e. The highest BCUT2D eigenvalue weighted by Crippen LogP contribution is 2.39. The van der Waals surface area contributed by atoms with Crippen LogP contribution in [0.5, 0.6) is 11.5 Å². The molecule has 2 heterocycles. The normalized spacial score (nSPS) is 13.2. The van der Waals surface area contributed by atoms with E-state index in [2.05, 4.69) is 30.7 Å². The van der Waals surface area contributed by atoms with E-state index in [1.54, 1.807) is 18.2 Å². The molecule has 3 aromatic carbocycles. The Morgan fingerprint density at radius 2 is 1.73 bits per heavy atom. The monoisotopic (exact) mass is 516 g/mol. The number of nitrogens with zero attached hydrogens (tertiary/aromatic N) is 1. The molecule has 0 radical (unpaired) electrons. The zero-order chi connectivity index (χ0) is 26.1. The van der Waals surface area contributed by atoms with Crippen molar-refractivity contribution in [2.75, 3.05) is 6.79 Å². The van der Waals surface area contributed by atoms with E-state index in [0.29, 0.717) is 24.0 Å². The number of aromatic carboxylic acids is 1. The number of rotatable bonds is 8. The zero-order valence-corrected chi connectivity index (χ0v) is 21.7. The summed E-state index contributed by atoms with van der Waals surface area (Å²) in [4.78, 5) is 26.3. The molecule has 5 rings (SSSR count). The standard InChI is InChI=1S/C29H28N2O5S/c1-4-31-15-23(22-11-7-20(29(33)34)13-24(22)31)27(19-8-12-25-26(14-19)36-16-35-25)28(32)30-37-21-9-5-18(6-10-21)17(2)3/h5-15,17,27H,4,16H2,1-3H3,(H,30,32)(H,33,34). The topological polar surface area (TPSA) is 89.8 Å². The Morgan fingerprint density at radius 3 is 2.43 bits per heavy atom. The van der Waals surface area contributed by atoms with Crippen molar-refractivity contribution in [2.24, 2.45) is 0 Å². The molecule has 0 bridgehead atoms. The van der Waals surface area contributed by atoms with Crippen LogP contribution in [0.25, 0.3) is 10.9 Å². The SMILES string of the molecule is CCn1cc(C(C(=O)NSc2ccc(C(C)C)cc2)c2ccc3c(c2)OCO3)c2ccc(C(=O)O)cc21. The third-order valence-electron chi connectivity index (χ3n) is 6.62. The van der Waals surface area contributed by atoms with Gasteiger partial charge in [0.1, 0.15) is 0 Å². The molecule has 0 aliphatic carbocycles. The van der Waals surface area contributed by atoms with Crippen LogP contribution in [-0.4, -0.2) is 28.3 Å². The van der Waals surface area contributed by atoms with E-state index in [-0.39, 0.29) is 18.3 Å². The lowest BCUT2D eigenvalue weighted by Crippen LogP contribution is -2.25. The molecule has 1 unspecified atom stereocenters. The third kappa shape index (κ3) is 4.89. The van der Waals surface area contributed by atoms with E-state index in [1.807, 2.05) is 48.0 Å². The molecular weight excluding hydrogens is 488 g/mol. The quantitative estimate of drug-likeness (QED) is 0.272. The Kier molecular flexibility index (Phi) is 6.84. The molecule has 1 amide bonds.